The molecule has 1 saturated heterocycles. The molecular formula is C11H21NO4. The summed E-state index contributed by atoms with van der Waals surface area (Å²) < 4.78 is 10.4. The highest BCUT2D eigenvalue weighted by atomic mass is 16.6. The number of aliphatic hydroxyl groups excluding tert-OH is 1. The smallest absolute Gasteiger partial charge is 0.407 e. The van der Waals surface area contributed by atoms with Crippen LogP contribution in [-0.2, 0) is 9.47 Å². The molecule has 0 radical (unpaired) electrons. The number of alkyl carbamates (subject to hydrolysis) is 1. The number of rotatable bonds is 2. The first-order chi connectivity index (χ1) is 7.42. The van der Waals surface area contributed by atoms with Crippen molar-refractivity contribution in [2.75, 3.05) is 19.8 Å². The Bertz CT molecular complexity index is 237. The van der Waals surface area contributed by atoms with Crippen molar-refractivity contribution in [3.05, 3.63) is 0 Å². The van der Waals surface area contributed by atoms with Gasteiger partial charge >= 0.3 is 6.09 Å². The number of carbonyl (C=O) groups excluding carboxylic acids is 1. The van der Waals surface area contributed by atoms with Gasteiger partial charge in [0.1, 0.15) is 5.60 Å². The maximum absolute atomic E-state index is 11.5. The zero-order valence-corrected chi connectivity index (χ0v) is 10.2. The van der Waals surface area contributed by atoms with E-state index in [1.165, 1.54) is 0 Å². The Labute approximate surface area is 96.1 Å². The Morgan fingerprint density at radius 2 is 2.25 bits per heavy atom. The van der Waals surface area contributed by atoms with Gasteiger partial charge in [0.15, 0.2) is 0 Å². The minimum absolute atomic E-state index is 0.0143. The van der Waals surface area contributed by atoms with E-state index >= 15 is 0 Å². The molecule has 5 nitrogen and oxygen atoms in total. The normalized spacial score (nSPS) is 26.2. The monoisotopic (exact) mass is 231 g/mol. The number of amides is 1. The van der Waals surface area contributed by atoms with Crippen LogP contribution in [0.3, 0.4) is 0 Å². The molecule has 2 N–H and O–H groups in total. The SMILES string of the molecule is CC(C)(C)OC(=O)N[C@H]1CCOC[C@H]1CO. The van der Waals surface area contributed by atoms with Crippen LogP contribution in [0.15, 0.2) is 0 Å². The van der Waals surface area contributed by atoms with Crippen LogP contribution < -0.4 is 5.32 Å². The van der Waals surface area contributed by atoms with E-state index in [1.807, 2.05) is 20.8 Å². The van der Waals surface area contributed by atoms with Gasteiger partial charge in [-0.2, -0.15) is 0 Å². The van der Waals surface area contributed by atoms with E-state index in [0.29, 0.717) is 19.6 Å². The van der Waals surface area contributed by atoms with E-state index in [2.05, 4.69) is 5.32 Å². The van der Waals surface area contributed by atoms with Gasteiger partial charge in [-0.1, -0.05) is 0 Å². The lowest BCUT2D eigenvalue weighted by Crippen LogP contribution is -2.48. The second-order valence-corrected chi connectivity index (χ2v) is 5.06. The van der Waals surface area contributed by atoms with Crippen LogP contribution in [0.25, 0.3) is 0 Å². The Morgan fingerprint density at radius 3 is 2.81 bits per heavy atom. The molecule has 1 aliphatic heterocycles. The van der Waals surface area contributed by atoms with Crippen LogP contribution in [0.2, 0.25) is 0 Å². The molecule has 0 bridgehead atoms. The number of hydrogen-bond acceptors (Lipinski definition) is 4. The van der Waals surface area contributed by atoms with Gasteiger partial charge in [0, 0.05) is 18.6 Å². The highest BCUT2D eigenvalue weighted by molar-refractivity contribution is 5.68. The summed E-state index contributed by atoms with van der Waals surface area (Å²) in [5.74, 6) is -0.0405. The molecule has 0 aliphatic carbocycles. The second-order valence-electron chi connectivity index (χ2n) is 5.06. The lowest BCUT2D eigenvalue weighted by molar-refractivity contribution is 0.000846. The number of nitrogens with one attached hydrogen (secondary N) is 1. The molecule has 0 aromatic carbocycles. The summed E-state index contributed by atoms with van der Waals surface area (Å²) in [6.45, 7) is 6.56. The standard InChI is InChI=1S/C11H21NO4/c1-11(2,3)16-10(14)12-9-4-5-15-7-8(9)6-13/h8-9,13H,4-7H2,1-3H3,(H,12,14)/t8-,9+/m1/s1. The fourth-order valence-electron chi connectivity index (χ4n) is 1.63. The highest BCUT2D eigenvalue weighted by Gasteiger charge is 2.28. The molecule has 0 spiro atoms. The predicted molar refractivity (Wildman–Crippen MR) is 59.2 cm³/mol. The molecule has 0 unspecified atom stereocenters. The maximum atomic E-state index is 11.5. The molecule has 94 valence electrons. The summed E-state index contributed by atoms with van der Waals surface area (Å²) in [6, 6.07) is -0.0615. The fraction of sp³-hybridized carbons (Fsp3) is 0.909. The Balaban J connectivity index is 2.42. The van der Waals surface area contributed by atoms with Crippen molar-refractivity contribution in [1.29, 1.82) is 0 Å². The first kappa shape index (κ1) is 13.3. The molecule has 1 fully saturated rings. The fourth-order valence-corrected chi connectivity index (χ4v) is 1.63. The van der Waals surface area contributed by atoms with Crippen LogP contribution in [0.5, 0.6) is 0 Å². The molecule has 5 heteroatoms. The number of ether oxygens (including phenoxy) is 2. The van der Waals surface area contributed by atoms with Crippen molar-refractivity contribution in [3.63, 3.8) is 0 Å². The zero-order valence-electron chi connectivity index (χ0n) is 10.2. The van der Waals surface area contributed by atoms with Crippen LogP contribution in [0.1, 0.15) is 27.2 Å². The lowest BCUT2D eigenvalue weighted by atomic mass is 9.97. The largest absolute Gasteiger partial charge is 0.444 e. The summed E-state index contributed by atoms with van der Waals surface area (Å²) in [5.41, 5.74) is -0.496. The second kappa shape index (κ2) is 5.50. The maximum Gasteiger partial charge on any atom is 0.407 e. The number of aliphatic hydroxyl groups is 1. The van der Waals surface area contributed by atoms with Gasteiger partial charge in [0.25, 0.3) is 0 Å². The molecule has 0 aromatic heterocycles. The molecule has 0 saturated carbocycles. The third kappa shape index (κ3) is 4.37. The van der Waals surface area contributed by atoms with E-state index in [1.54, 1.807) is 0 Å². The van der Waals surface area contributed by atoms with Crippen molar-refractivity contribution in [2.24, 2.45) is 5.92 Å². The van der Waals surface area contributed by atoms with E-state index in [-0.39, 0.29) is 18.6 Å². The molecular weight excluding hydrogens is 210 g/mol. The third-order valence-corrected chi connectivity index (χ3v) is 2.41. The Morgan fingerprint density at radius 1 is 1.56 bits per heavy atom. The minimum Gasteiger partial charge on any atom is -0.444 e. The zero-order chi connectivity index (χ0) is 12.2. The van der Waals surface area contributed by atoms with Crippen molar-refractivity contribution < 1.29 is 19.4 Å². The van der Waals surface area contributed by atoms with Crippen LogP contribution in [0.4, 0.5) is 4.79 Å². The van der Waals surface area contributed by atoms with E-state index in [9.17, 15) is 4.79 Å². The molecule has 2 atom stereocenters. The topological polar surface area (TPSA) is 67.8 Å². The average molecular weight is 231 g/mol. The summed E-state index contributed by atoms with van der Waals surface area (Å²) in [6.07, 6.45) is 0.280. The predicted octanol–water partition coefficient (Wildman–Crippen LogP) is 0.908. The number of carbonyl (C=O) groups is 1. The van der Waals surface area contributed by atoms with Crippen LogP contribution >= 0.6 is 0 Å². The van der Waals surface area contributed by atoms with Gasteiger partial charge in [0.05, 0.1) is 13.2 Å². The molecule has 1 rings (SSSR count). The van der Waals surface area contributed by atoms with Gasteiger partial charge < -0.3 is 19.9 Å². The van der Waals surface area contributed by atoms with Crippen LogP contribution in [-0.4, -0.2) is 42.7 Å². The van der Waals surface area contributed by atoms with Gasteiger partial charge in [-0.05, 0) is 27.2 Å². The van der Waals surface area contributed by atoms with Crippen molar-refractivity contribution in [3.8, 4) is 0 Å². The third-order valence-electron chi connectivity index (χ3n) is 2.41. The summed E-state index contributed by atoms with van der Waals surface area (Å²) >= 11 is 0. The molecule has 1 amide bonds. The van der Waals surface area contributed by atoms with E-state index in [4.69, 9.17) is 14.6 Å². The van der Waals surface area contributed by atoms with Crippen molar-refractivity contribution in [2.45, 2.75) is 38.8 Å². The molecule has 16 heavy (non-hydrogen) atoms. The molecule has 0 aromatic rings. The minimum atomic E-state index is -0.496. The van der Waals surface area contributed by atoms with E-state index < -0.39 is 11.7 Å². The summed E-state index contributed by atoms with van der Waals surface area (Å²) in [4.78, 5) is 11.5. The summed E-state index contributed by atoms with van der Waals surface area (Å²) in [7, 11) is 0. The van der Waals surface area contributed by atoms with Crippen LogP contribution in [0, 0.1) is 5.92 Å². The lowest BCUT2D eigenvalue weighted by Gasteiger charge is -2.31. The molecule has 1 aliphatic rings. The Hall–Kier alpha value is -0.810. The molecule has 1 heterocycles. The van der Waals surface area contributed by atoms with Gasteiger partial charge in [-0.25, -0.2) is 4.79 Å². The van der Waals surface area contributed by atoms with Gasteiger partial charge in [0.2, 0.25) is 0 Å². The number of hydrogen-bond donors (Lipinski definition) is 2. The quantitative estimate of drug-likeness (QED) is 0.741. The van der Waals surface area contributed by atoms with Crippen molar-refractivity contribution in [1.82, 2.24) is 5.32 Å². The van der Waals surface area contributed by atoms with Gasteiger partial charge in [-0.3, -0.25) is 0 Å². The van der Waals surface area contributed by atoms with Crippen molar-refractivity contribution >= 4 is 6.09 Å². The first-order valence-corrected chi connectivity index (χ1v) is 5.60. The highest BCUT2D eigenvalue weighted by Crippen LogP contribution is 2.15. The summed E-state index contributed by atoms with van der Waals surface area (Å²) in [5, 5.41) is 11.9. The average Bonchev–Trinajstić information content (AvgIpc) is 2.15. The van der Waals surface area contributed by atoms with Gasteiger partial charge in [-0.15, -0.1) is 0 Å². The first-order valence-electron chi connectivity index (χ1n) is 5.60. The van der Waals surface area contributed by atoms with E-state index in [0.717, 1.165) is 0 Å². The Kier molecular flexibility index (Phi) is 4.56.